The van der Waals surface area contributed by atoms with Crippen LogP contribution in [-0.2, 0) is 4.79 Å². The van der Waals surface area contributed by atoms with E-state index in [0.29, 0.717) is 5.69 Å². The number of para-hydroxylation sites is 2. The normalized spacial score (nSPS) is 22.7. The molecule has 6 heteroatoms. The van der Waals surface area contributed by atoms with Crippen LogP contribution in [0.15, 0.2) is 54.6 Å². The van der Waals surface area contributed by atoms with Crippen molar-refractivity contribution in [3.8, 4) is 0 Å². The van der Waals surface area contributed by atoms with E-state index in [1.807, 2.05) is 42.5 Å². The third-order valence-electron chi connectivity index (χ3n) is 4.87. The average molecular weight is 362 g/mol. The molecule has 0 aliphatic carbocycles. The van der Waals surface area contributed by atoms with Crippen LogP contribution in [0.25, 0.3) is 0 Å². The SMILES string of the molecule is CC(=O)N1c2ccccc2[C@H](Nc2ccccc2)[C@@H](C)[C@@H]1CC(F)(F)F. The summed E-state index contributed by atoms with van der Waals surface area (Å²) in [6, 6.07) is 15.3. The maximum absolute atomic E-state index is 13.2. The second-order valence-corrected chi connectivity index (χ2v) is 6.68. The van der Waals surface area contributed by atoms with Crippen LogP contribution < -0.4 is 10.2 Å². The summed E-state index contributed by atoms with van der Waals surface area (Å²) in [5, 5.41) is 3.36. The first-order chi connectivity index (χ1) is 12.3. The smallest absolute Gasteiger partial charge is 0.378 e. The van der Waals surface area contributed by atoms with Crippen LogP contribution in [0, 0.1) is 5.92 Å². The van der Waals surface area contributed by atoms with Gasteiger partial charge in [-0.2, -0.15) is 13.2 Å². The quantitative estimate of drug-likeness (QED) is 0.818. The Morgan fingerprint density at radius 1 is 1.08 bits per heavy atom. The van der Waals surface area contributed by atoms with E-state index in [9.17, 15) is 18.0 Å². The van der Waals surface area contributed by atoms with Crippen molar-refractivity contribution in [2.45, 2.75) is 38.5 Å². The van der Waals surface area contributed by atoms with Crippen molar-refractivity contribution >= 4 is 17.3 Å². The maximum atomic E-state index is 13.2. The van der Waals surface area contributed by atoms with Gasteiger partial charge in [-0.25, -0.2) is 0 Å². The van der Waals surface area contributed by atoms with Crippen molar-refractivity contribution in [2.24, 2.45) is 5.92 Å². The molecule has 3 nitrogen and oxygen atoms in total. The average Bonchev–Trinajstić information content (AvgIpc) is 2.58. The van der Waals surface area contributed by atoms with Gasteiger partial charge < -0.3 is 10.2 Å². The van der Waals surface area contributed by atoms with Gasteiger partial charge in [0.15, 0.2) is 0 Å². The molecule has 3 atom stereocenters. The number of nitrogens with one attached hydrogen (secondary N) is 1. The molecule has 0 saturated carbocycles. The molecule has 0 radical (unpaired) electrons. The topological polar surface area (TPSA) is 32.3 Å². The van der Waals surface area contributed by atoms with Gasteiger partial charge in [0.05, 0.1) is 18.5 Å². The first-order valence-electron chi connectivity index (χ1n) is 8.55. The van der Waals surface area contributed by atoms with E-state index in [-0.39, 0.29) is 11.9 Å². The van der Waals surface area contributed by atoms with Crippen LogP contribution in [-0.4, -0.2) is 18.1 Å². The van der Waals surface area contributed by atoms with Gasteiger partial charge in [-0.05, 0) is 23.8 Å². The number of hydrogen-bond acceptors (Lipinski definition) is 2. The minimum absolute atomic E-state index is 0.323. The van der Waals surface area contributed by atoms with Crippen molar-refractivity contribution in [2.75, 3.05) is 10.2 Å². The molecule has 0 spiro atoms. The number of carbonyl (C=O) groups excluding carboxylic acids is 1. The first kappa shape index (κ1) is 18.3. The molecule has 1 heterocycles. The highest BCUT2D eigenvalue weighted by Crippen LogP contribution is 2.45. The number of anilines is 2. The van der Waals surface area contributed by atoms with Gasteiger partial charge >= 0.3 is 6.18 Å². The predicted octanol–water partition coefficient (Wildman–Crippen LogP) is 5.16. The molecule has 1 amide bonds. The minimum atomic E-state index is -4.35. The highest BCUT2D eigenvalue weighted by Gasteiger charge is 2.45. The van der Waals surface area contributed by atoms with Crippen molar-refractivity contribution in [1.29, 1.82) is 0 Å². The Morgan fingerprint density at radius 2 is 1.69 bits per heavy atom. The van der Waals surface area contributed by atoms with E-state index in [0.717, 1.165) is 11.3 Å². The number of carbonyl (C=O) groups is 1. The zero-order chi connectivity index (χ0) is 18.9. The van der Waals surface area contributed by atoms with E-state index in [1.165, 1.54) is 11.8 Å². The molecule has 1 aliphatic rings. The zero-order valence-corrected chi connectivity index (χ0v) is 14.6. The molecule has 138 valence electrons. The lowest BCUT2D eigenvalue weighted by atomic mass is 9.80. The molecule has 3 rings (SSSR count). The van der Waals surface area contributed by atoms with Gasteiger partial charge in [0.25, 0.3) is 0 Å². The van der Waals surface area contributed by atoms with Crippen LogP contribution in [0.5, 0.6) is 0 Å². The summed E-state index contributed by atoms with van der Waals surface area (Å²) in [6.07, 6.45) is -5.38. The Balaban J connectivity index is 2.06. The largest absolute Gasteiger partial charge is 0.391 e. The van der Waals surface area contributed by atoms with E-state index in [4.69, 9.17) is 0 Å². The second kappa shape index (κ2) is 7.02. The lowest BCUT2D eigenvalue weighted by Gasteiger charge is -2.45. The van der Waals surface area contributed by atoms with Crippen LogP contribution in [0.2, 0.25) is 0 Å². The highest BCUT2D eigenvalue weighted by molar-refractivity contribution is 5.94. The molecule has 2 aromatic carbocycles. The number of nitrogens with zero attached hydrogens (tertiary/aromatic N) is 1. The minimum Gasteiger partial charge on any atom is -0.378 e. The van der Waals surface area contributed by atoms with Crippen LogP contribution in [0.1, 0.15) is 31.9 Å². The molecule has 1 aliphatic heterocycles. The summed E-state index contributed by atoms with van der Waals surface area (Å²) in [5.74, 6) is -0.799. The Kier molecular flexibility index (Phi) is 4.94. The molecule has 0 fully saturated rings. The number of rotatable bonds is 3. The van der Waals surface area contributed by atoms with E-state index in [2.05, 4.69) is 5.32 Å². The Bertz CT molecular complexity index is 776. The fourth-order valence-electron chi connectivity index (χ4n) is 3.73. The number of benzene rings is 2. The Morgan fingerprint density at radius 3 is 2.31 bits per heavy atom. The van der Waals surface area contributed by atoms with Crippen molar-refractivity contribution in [3.63, 3.8) is 0 Å². The van der Waals surface area contributed by atoms with Crippen LogP contribution >= 0.6 is 0 Å². The van der Waals surface area contributed by atoms with E-state index >= 15 is 0 Å². The van der Waals surface area contributed by atoms with Crippen molar-refractivity contribution in [3.05, 3.63) is 60.2 Å². The molecule has 26 heavy (non-hydrogen) atoms. The monoisotopic (exact) mass is 362 g/mol. The van der Waals surface area contributed by atoms with Crippen molar-refractivity contribution in [1.82, 2.24) is 0 Å². The Hall–Kier alpha value is -2.50. The summed E-state index contributed by atoms with van der Waals surface area (Å²) in [5.41, 5.74) is 2.21. The molecule has 2 aromatic rings. The van der Waals surface area contributed by atoms with E-state index in [1.54, 1.807) is 19.1 Å². The molecule has 0 unspecified atom stereocenters. The number of halogens is 3. The summed E-state index contributed by atoms with van der Waals surface area (Å²) in [6.45, 7) is 3.08. The van der Waals surface area contributed by atoms with Gasteiger partial charge in [0.2, 0.25) is 5.91 Å². The highest BCUT2D eigenvalue weighted by atomic mass is 19.4. The summed E-state index contributed by atoms with van der Waals surface area (Å²) >= 11 is 0. The van der Waals surface area contributed by atoms with Gasteiger partial charge in [-0.15, -0.1) is 0 Å². The molecule has 0 saturated heterocycles. The second-order valence-electron chi connectivity index (χ2n) is 6.68. The van der Waals surface area contributed by atoms with Crippen LogP contribution in [0.3, 0.4) is 0 Å². The number of hydrogen-bond donors (Lipinski definition) is 1. The maximum Gasteiger partial charge on any atom is 0.391 e. The summed E-state index contributed by atoms with van der Waals surface area (Å²) in [4.78, 5) is 13.5. The van der Waals surface area contributed by atoms with Crippen molar-refractivity contribution < 1.29 is 18.0 Å². The van der Waals surface area contributed by atoms with Crippen LogP contribution in [0.4, 0.5) is 24.5 Å². The van der Waals surface area contributed by atoms with Gasteiger partial charge in [0, 0.05) is 24.2 Å². The lowest BCUT2D eigenvalue weighted by Crippen LogP contribution is -2.51. The number of alkyl halides is 3. The third kappa shape index (κ3) is 3.69. The van der Waals surface area contributed by atoms with E-state index < -0.39 is 24.6 Å². The molecule has 1 N–H and O–H groups in total. The predicted molar refractivity (Wildman–Crippen MR) is 96.0 cm³/mol. The molecular formula is C20H21F3N2O. The van der Waals surface area contributed by atoms with Gasteiger partial charge in [0.1, 0.15) is 0 Å². The fourth-order valence-corrected chi connectivity index (χ4v) is 3.73. The Labute approximate surface area is 150 Å². The molecule has 0 bridgehead atoms. The number of amides is 1. The summed E-state index contributed by atoms with van der Waals surface area (Å²) < 4.78 is 39.7. The lowest BCUT2D eigenvalue weighted by molar-refractivity contribution is -0.143. The standard InChI is InChI=1S/C20H21F3N2O/c1-13-18(12-20(21,22)23)25(14(2)26)17-11-7-6-10-16(17)19(13)24-15-8-4-3-5-9-15/h3-11,13,18-19,24H,12H2,1-2H3/t13-,18-,19+/m0/s1. The van der Waals surface area contributed by atoms with Gasteiger partial charge in [-0.3, -0.25) is 4.79 Å². The zero-order valence-electron chi connectivity index (χ0n) is 14.6. The molecule has 0 aromatic heterocycles. The summed E-state index contributed by atoms with van der Waals surface area (Å²) in [7, 11) is 0. The fraction of sp³-hybridized carbons (Fsp3) is 0.350. The molecular weight excluding hydrogens is 341 g/mol. The first-order valence-corrected chi connectivity index (χ1v) is 8.55. The van der Waals surface area contributed by atoms with Gasteiger partial charge in [-0.1, -0.05) is 43.3 Å². The third-order valence-corrected chi connectivity index (χ3v) is 4.87. The number of fused-ring (bicyclic) bond motifs is 1.